The maximum atomic E-state index is 5.93. The molecule has 6 heteroatoms. The van der Waals surface area contributed by atoms with Crippen LogP contribution in [0.1, 0.15) is 46.1 Å². The van der Waals surface area contributed by atoms with Crippen LogP contribution in [0.15, 0.2) is 6.20 Å². The summed E-state index contributed by atoms with van der Waals surface area (Å²) in [5.74, 6) is 2.84. The Bertz CT molecular complexity index is 750. The molecule has 5 rings (SSSR count). The highest BCUT2D eigenvalue weighted by atomic mass is 16.5. The molecule has 148 valence electrons. The second-order valence-corrected chi connectivity index (χ2v) is 10.1. The molecule has 6 nitrogen and oxygen atoms in total. The summed E-state index contributed by atoms with van der Waals surface area (Å²) in [5, 5.41) is 7.35. The summed E-state index contributed by atoms with van der Waals surface area (Å²) in [4.78, 5) is 9.43. The fourth-order valence-corrected chi connectivity index (χ4v) is 6.18. The number of hydrogen-bond acceptors (Lipinski definition) is 6. The van der Waals surface area contributed by atoms with Crippen molar-refractivity contribution in [3.8, 4) is 0 Å². The molecule has 6 atom stereocenters. The first kappa shape index (κ1) is 17.7. The Balaban J connectivity index is 1.33. The summed E-state index contributed by atoms with van der Waals surface area (Å²) in [6, 6.07) is 0.771. The Labute approximate surface area is 161 Å². The molecule has 2 aliphatic heterocycles. The summed E-state index contributed by atoms with van der Waals surface area (Å²) >= 11 is 0. The van der Waals surface area contributed by atoms with Crippen LogP contribution >= 0.6 is 0 Å². The van der Waals surface area contributed by atoms with Crippen molar-refractivity contribution < 1.29 is 9.47 Å². The van der Waals surface area contributed by atoms with Gasteiger partial charge in [0.05, 0.1) is 12.2 Å². The third-order valence-corrected chi connectivity index (χ3v) is 7.75. The van der Waals surface area contributed by atoms with E-state index in [0.717, 1.165) is 43.4 Å². The number of nitrogens with zero attached hydrogens (tertiary/aromatic N) is 2. The molecule has 2 N–H and O–H groups in total. The van der Waals surface area contributed by atoms with E-state index in [1.807, 2.05) is 6.20 Å². The highest BCUT2D eigenvalue weighted by Gasteiger charge is 2.60. The van der Waals surface area contributed by atoms with Crippen LogP contribution in [0.3, 0.4) is 0 Å². The highest BCUT2D eigenvalue weighted by Crippen LogP contribution is 2.54. The van der Waals surface area contributed by atoms with E-state index in [-0.39, 0.29) is 10.8 Å². The predicted molar refractivity (Wildman–Crippen MR) is 105 cm³/mol. The van der Waals surface area contributed by atoms with Crippen molar-refractivity contribution in [1.29, 1.82) is 0 Å². The molecule has 3 heterocycles. The zero-order valence-corrected chi connectivity index (χ0v) is 17.1. The number of anilines is 2. The molecule has 0 aromatic carbocycles. The maximum Gasteiger partial charge on any atom is 0.224 e. The molecule has 0 bridgehead atoms. The number of ether oxygens (including phenoxy) is 2. The molecule has 0 amide bonds. The van der Waals surface area contributed by atoms with E-state index in [0.29, 0.717) is 36.1 Å². The molecular formula is C21H32N4O2. The molecule has 4 aliphatic rings. The van der Waals surface area contributed by atoms with Crippen LogP contribution in [0.2, 0.25) is 0 Å². The molecule has 4 fully saturated rings. The zero-order valence-electron chi connectivity index (χ0n) is 17.1. The lowest BCUT2D eigenvalue weighted by Crippen LogP contribution is -2.63. The van der Waals surface area contributed by atoms with Gasteiger partial charge in [-0.15, -0.1) is 0 Å². The van der Waals surface area contributed by atoms with Crippen LogP contribution in [0.5, 0.6) is 0 Å². The number of nitrogens with one attached hydrogen (secondary N) is 2. The SMILES string of the molecule is Cc1cnc(NC2C3CCOC3C2(C)C)nc1NC1C2CCOC2C1(C)C. The second-order valence-electron chi connectivity index (χ2n) is 10.1. The smallest absolute Gasteiger partial charge is 0.224 e. The van der Waals surface area contributed by atoms with Gasteiger partial charge in [-0.1, -0.05) is 27.7 Å². The monoisotopic (exact) mass is 372 g/mol. The van der Waals surface area contributed by atoms with Gasteiger partial charge in [0.1, 0.15) is 5.82 Å². The van der Waals surface area contributed by atoms with Crippen LogP contribution in [0.4, 0.5) is 11.8 Å². The summed E-state index contributed by atoms with van der Waals surface area (Å²) in [7, 11) is 0. The molecule has 2 saturated carbocycles. The van der Waals surface area contributed by atoms with E-state index in [1.165, 1.54) is 0 Å². The number of hydrogen-bond donors (Lipinski definition) is 2. The standard InChI is InChI=1S/C21H32N4O2/c1-11-10-22-19(24-15-13-7-9-27-17(13)21(15,4)5)25-18(11)23-14-12-6-8-26-16(12)20(14,2)3/h10,12-17H,6-9H2,1-5H3,(H2,22,23,24,25). The Morgan fingerprint density at radius 2 is 1.48 bits per heavy atom. The molecule has 6 unspecified atom stereocenters. The van der Waals surface area contributed by atoms with E-state index < -0.39 is 0 Å². The summed E-state index contributed by atoms with van der Waals surface area (Å²) in [5.41, 5.74) is 1.35. The summed E-state index contributed by atoms with van der Waals surface area (Å²) in [6.07, 6.45) is 4.95. The van der Waals surface area contributed by atoms with Crippen LogP contribution in [0.25, 0.3) is 0 Å². The number of aromatic nitrogens is 2. The molecule has 2 saturated heterocycles. The van der Waals surface area contributed by atoms with Crippen molar-refractivity contribution in [1.82, 2.24) is 9.97 Å². The van der Waals surface area contributed by atoms with Gasteiger partial charge in [-0.25, -0.2) is 4.98 Å². The molecule has 2 aliphatic carbocycles. The first-order valence-electron chi connectivity index (χ1n) is 10.4. The lowest BCUT2D eigenvalue weighted by atomic mass is 9.57. The predicted octanol–water partition coefficient (Wildman–Crippen LogP) is 3.24. The fourth-order valence-electron chi connectivity index (χ4n) is 6.18. The third-order valence-electron chi connectivity index (χ3n) is 7.75. The van der Waals surface area contributed by atoms with Crippen molar-refractivity contribution in [2.24, 2.45) is 22.7 Å². The van der Waals surface area contributed by atoms with Gasteiger partial charge in [0.15, 0.2) is 0 Å². The van der Waals surface area contributed by atoms with Crippen LogP contribution in [-0.4, -0.2) is 47.5 Å². The van der Waals surface area contributed by atoms with Crippen molar-refractivity contribution in [3.63, 3.8) is 0 Å². The second kappa shape index (κ2) is 5.80. The Morgan fingerprint density at radius 3 is 2.07 bits per heavy atom. The van der Waals surface area contributed by atoms with Crippen molar-refractivity contribution >= 4 is 11.8 Å². The Hall–Kier alpha value is -1.40. The Morgan fingerprint density at radius 1 is 0.926 bits per heavy atom. The minimum atomic E-state index is 0.118. The van der Waals surface area contributed by atoms with E-state index in [1.54, 1.807) is 0 Å². The van der Waals surface area contributed by atoms with E-state index in [2.05, 4.69) is 50.2 Å². The van der Waals surface area contributed by atoms with Gasteiger partial charge < -0.3 is 20.1 Å². The van der Waals surface area contributed by atoms with Crippen molar-refractivity contribution in [2.75, 3.05) is 23.8 Å². The largest absolute Gasteiger partial charge is 0.377 e. The molecule has 0 spiro atoms. The molecular weight excluding hydrogens is 340 g/mol. The summed E-state index contributed by atoms with van der Waals surface area (Å²) < 4.78 is 11.8. The number of rotatable bonds is 4. The normalized spacial score (nSPS) is 40.5. The molecule has 1 aromatic heterocycles. The Kier molecular flexibility index (Phi) is 3.80. The lowest BCUT2D eigenvalue weighted by molar-refractivity contribution is -0.0927. The average Bonchev–Trinajstić information content (AvgIpc) is 3.26. The minimum Gasteiger partial charge on any atom is -0.377 e. The molecule has 27 heavy (non-hydrogen) atoms. The van der Waals surface area contributed by atoms with E-state index >= 15 is 0 Å². The van der Waals surface area contributed by atoms with Crippen LogP contribution < -0.4 is 10.6 Å². The van der Waals surface area contributed by atoms with E-state index in [9.17, 15) is 0 Å². The third kappa shape index (κ3) is 2.45. The van der Waals surface area contributed by atoms with Gasteiger partial charge in [-0.05, 0) is 19.8 Å². The number of fused-ring (bicyclic) bond motifs is 2. The van der Waals surface area contributed by atoms with Gasteiger partial charge >= 0.3 is 0 Å². The first-order chi connectivity index (χ1) is 12.8. The topological polar surface area (TPSA) is 68.3 Å². The van der Waals surface area contributed by atoms with Crippen molar-refractivity contribution in [2.45, 2.75) is 71.8 Å². The summed E-state index contributed by atoms with van der Waals surface area (Å²) in [6.45, 7) is 13.0. The van der Waals surface area contributed by atoms with E-state index in [4.69, 9.17) is 14.5 Å². The quantitative estimate of drug-likeness (QED) is 0.846. The average molecular weight is 373 g/mol. The first-order valence-corrected chi connectivity index (χ1v) is 10.4. The lowest BCUT2D eigenvalue weighted by Gasteiger charge is -2.55. The molecule has 1 aromatic rings. The van der Waals surface area contributed by atoms with Crippen LogP contribution in [0, 0.1) is 29.6 Å². The van der Waals surface area contributed by atoms with Gasteiger partial charge in [0.2, 0.25) is 5.95 Å². The molecule has 0 radical (unpaired) electrons. The van der Waals surface area contributed by atoms with Gasteiger partial charge in [0.25, 0.3) is 0 Å². The van der Waals surface area contributed by atoms with Gasteiger partial charge in [-0.2, -0.15) is 4.98 Å². The minimum absolute atomic E-state index is 0.118. The van der Waals surface area contributed by atoms with Gasteiger partial charge in [0, 0.05) is 59.7 Å². The van der Waals surface area contributed by atoms with Crippen molar-refractivity contribution in [3.05, 3.63) is 11.8 Å². The van der Waals surface area contributed by atoms with Crippen LogP contribution in [-0.2, 0) is 9.47 Å². The fraction of sp³-hybridized carbons (Fsp3) is 0.810. The zero-order chi connectivity index (χ0) is 19.0. The number of aryl methyl sites for hydroxylation is 1. The van der Waals surface area contributed by atoms with Gasteiger partial charge in [-0.3, -0.25) is 0 Å². The highest BCUT2D eigenvalue weighted by molar-refractivity contribution is 5.49. The maximum absolute atomic E-state index is 5.93.